The van der Waals surface area contributed by atoms with Gasteiger partial charge in [-0.3, -0.25) is 4.79 Å². The van der Waals surface area contributed by atoms with Crippen LogP contribution >= 0.6 is 34.8 Å². The van der Waals surface area contributed by atoms with Crippen LogP contribution in [0.25, 0.3) is 0 Å². The molecule has 0 aromatic heterocycles. The lowest BCUT2D eigenvalue weighted by molar-refractivity contribution is -0.120. The quantitative estimate of drug-likeness (QED) is 0.853. The summed E-state index contributed by atoms with van der Waals surface area (Å²) < 4.78 is 5.22. The number of benzene rings is 2. The smallest absolute Gasteiger partial charge is 0.224 e. The van der Waals surface area contributed by atoms with E-state index in [2.05, 4.69) is 5.32 Å². The van der Waals surface area contributed by atoms with Gasteiger partial charge in [0.05, 0.1) is 13.5 Å². The molecule has 0 aliphatic rings. The molecular weight excluding hydrogens is 345 g/mol. The molecule has 3 nitrogen and oxygen atoms in total. The first-order valence-corrected chi connectivity index (χ1v) is 7.66. The molecule has 0 bridgehead atoms. The maximum Gasteiger partial charge on any atom is 0.224 e. The lowest BCUT2D eigenvalue weighted by atomic mass is 10.1. The van der Waals surface area contributed by atoms with E-state index in [-0.39, 0.29) is 12.3 Å². The minimum Gasteiger partial charge on any atom is -0.496 e. The van der Waals surface area contributed by atoms with Gasteiger partial charge in [-0.2, -0.15) is 0 Å². The van der Waals surface area contributed by atoms with Crippen LogP contribution in [0.2, 0.25) is 15.1 Å². The van der Waals surface area contributed by atoms with Crippen LogP contribution in [0.3, 0.4) is 0 Å². The fourth-order valence-electron chi connectivity index (χ4n) is 1.98. The maximum atomic E-state index is 12.1. The Balaban J connectivity index is 2.00. The molecule has 2 aromatic rings. The number of hydrogen-bond donors (Lipinski definition) is 1. The maximum absolute atomic E-state index is 12.1. The summed E-state index contributed by atoms with van der Waals surface area (Å²) >= 11 is 17.9. The minimum absolute atomic E-state index is 0.147. The Kier molecular flexibility index (Phi) is 5.95. The molecule has 1 amide bonds. The topological polar surface area (TPSA) is 38.3 Å². The summed E-state index contributed by atoms with van der Waals surface area (Å²) in [5, 5.41) is 4.45. The van der Waals surface area contributed by atoms with Crippen molar-refractivity contribution in [2.45, 2.75) is 13.0 Å². The van der Waals surface area contributed by atoms with Gasteiger partial charge in [0.2, 0.25) is 5.91 Å². The number of carbonyl (C=O) groups is 1. The third-order valence-corrected chi connectivity index (χ3v) is 3.91. The van der Waals surface area contributed by atoms with E-state index in [1.807, 2.05) is 0 Å². The molecule has 0 aliphatic heterocycles. The van der Waals surface area contributed by atoms with Crippen molar-refractivity contribution in [1.29, 1.82) is 0 Å². The molecule has 0 unspecified atom stereocenters. The summed E-state index contributed by atoms with van der Waals surface area (Å²) in [6, 6.07) is 10.3. The summed E-state index contributed by atoms with van der Waals surface area (Å²) in [4.78, 5) is 12.1. The summed E-state index contributed by atoms with van der Waals surface area (Å²) in [7, 11) is 1.55. The van der Waals surface area contributed by atoms with Gasteiger partial charge < -0.3 is 10.1 Å². The Morgan fingerprint density at radius 1 is 1.05 bits per heavy atom. The average molecular weight is 359 g/mol. The molecule has 2 aromatic carbocycles. The molecule has 2 rings (SSSR count). The fraction of sp³-hybridized carbons (Fsp3) is 0.188. The van der Waals surface area contributed by atoms with Crippen LogP contribution in [0, 0.1) is 0 Å². The SMILES string of the molecule is COc1ccc(Cl)cc1CC(=O)NCc1ccc(Cl)cc1Cl. The Morgan fingerprint density at radius 3 is 2.41 bits per heavy atom. The molecular formula is C16H14Cl3NO2. The van der Waals surface area contributed by atoms with Gasteiger partial charge in [-0.05, 0) is 35.9 Å². The second-order valence-corrected chi connectivity index (χ2v) is 5.93. The first-order chi connectivity index (χ1) is 10.5. The van der Waals surface area contributed by atoms with Crippen molar-refractivity contribution in [3.8, 4) is 5.75 Å². The highest BCUT2D eigenvalue weighted by Crippen LogP contribution is 2.23. The van der Waals surface area contributed by atoms with E-state index >= 15 is 0 Å². The summed E-state index contributed by atoms with van der Waals surface area (Å²) in [6.45, 7) is 0.331. The van der Waals surface area contributed by atoms with Crippen LogP contribution in [-0.4, -0.2) is 13.0 Å². The monoisotopic (exact) mass is 357 g/mol. The van der Waals surface area contributed by atoms with Gasteiger partial charge in [0, 0.05) is 27.2 Å². The lowest BCUT2D eigenvalue weighted by Gasteiger charge is -2.10. The molecule has 0 saturated heterocycles. The Labute approximate surface area is 144 Å². The normalized spacial score (nSPS) is 10.4. The second kappa shape index (κ2) is 7.73. The van der Waals surface area contributed by atoms with Gasteiger partial charge in [-0.15, -0.1) is 0 Å². The third-order valence-electron chi connectivity index (χ3n) is 3.08. The molecule has 22 heavy (non-hydrogen) atoms. The zero-order chi connectivity index (χ0) is 16.1. The highest BCUT2D eigenvalue weighted by molar-refractivity contribution is 6.35. The van der Waals surface area contributed by atoms with Gasteiger partial charge in [0.1, 0.15) is 5.75 Å². The van der Waals surface area contributed by atoms with Crippen LogP contribution in [0.5, 0.6) is 5.75 Å². The fourth-order valence-corrected chi connectivity index (χ4v) is 2.65. The molecule has 116 valence electrons. The number of hydrogen-bond acceptors (Lipinski definition) is 2. The number of rotatable bonds is 5. The predicted molar refractivity (Wildman–Crippen MR) is 90.0 cm³/mol. The van der Waals surface area contributed by atoms with Gasteiger partial charge in [-0.1, -0.05) is 40.9 Å². The first-order valence-electron chi connectivity index (χ1n) is 6.52. The first kappa shape index (κ1) is 16.9. The van der Waals surface area contributed by atoms with Crippen molar-refractivity contribution in [3.05, 3.63) is 62.6 Å². The molecule has 0 heterocycles. The van der Waals surface area contributed by atoms with Crippen LogP contribution in [0.15, 0.2) is 36.4 Å². The molecule has 0 spiro atoms. The molecule has 0 saturated carbocycles. The standard InChI is InChI=1S/C16H14Cl3NO2/c1-22-15-5-4-12(17)6-11(15)7-16(21)20-9-10-2-3-13(18)8-14(10)19/h2-6,8H,7,9H2,1H3,(H,20,21). The van der Waals surface area contributed by atoms with E-state index < -0.39 is 0 Å². The summed E-state index contributed by atoms with van der Waals surface area (Å²) in [5.41, 5.74) is 1.53. The Hall–Kier alpha value is -1.42. The zero-order valence-corrected chi connectivity index (χ0v) is 14.1. The number of ether oxygens (including phenoxy) is 1. The molecule has 0 aliphatic carbocycles. The molecule has 0 radical (unpaired) electrons. The number of halogens is 3. The van der Waals surface area contributed by atoms with E-state index in [0.29, 0.717) is 27.4 Å². The van der Waals surface area contributed by atoms with Crippen molar-refractivity contribution in [3.63, 3.8) is 0 Å². The van der Waals surface area contributed by atoms with Crippen LogP contribution in [-0.2, 0) is 17.8 Å². The minimum atomic E-state index is -0.147. The van der Waals surface area contributed by atoms with E-state index in [0.717, 1.165) is 11.1 Å². The molecule has 0 atom stereocenters. The molecule has 1 N–H and O–H groups in total. The summed E-state index contributed by atoms with van der Waals surface area (Å²) in [5.74, 6) is 0.482. The van der Waals surface area contributed by atoms with Gasteiger partial charge >= 0.3 is 0 Å². The van der Waals surface area contributed by atoms with Crippen molar-refractivity contribution in [1.82, 2.24) is 5.32 Å². The third kappa shape index (κ3) is 4.54. The van der Waals surface area contributed by atoms with Crippen molar-refractivity contribution >= 4 is 40.7 Å². The van der Waals surface area contributed by atoms with Gasteiger partial charge in [-0.25, -0.2) is 0 Å². The zero-order valence-electron chi connectivity index (χ0n) is 11.8. The van der Waals surface area contributed by atoms with Crippen LogP contribution < -0.4 is 10.1 Å². The van der Waals surface area contributed by atoms with Crippen molar-refractivity contribution in [2.75, 3.05) is 7.11 Å². The number of carbonyl (C=O) groups excluding carboxylic acids is 1. The second-order valence-electron chi connectivity index (χ2n) is 4.65. The summed E-state index contributed by atoms with van der Waals surface area (Å²) in [6.07, 6.45) is 0.176. The van der Waals surface area contributed by atoms with E-state index in [1.54, 1.807) is 43.5 Å². The van der Waals surface area contributed by atoms with E-state index in [9.17, 15) is 4.79 Å². The average Bonchev–Trinajstić information content (AvgIpc) is 2.46. The highest BCUT2D eigenvalue weighted by atomic mass is 35.5. The Morgan fingerprint density at radius 2 is 1.73 bits per heavy atom. The van der Waals surface area contributed by atoms with Crippen molar-refractivity contribution in [2.24, 2.45) is 0 Å². The number of amides is 1. The van der Waals surface area contributed by atoms with Crippen LogP contribution in [0.1, 0.15) is 11.1 Å². The molecule has 0 fully saturated rings. The molecule has 6 heteroatoms. The van der Waals surface area contributed by atoms with Gasteiger partial charge in [0.15, 0.2) is 0 Å². The lowest BCUT2D eigenvalue weighted by Crippen LogP contribution is -2.24. The Bertz CT molecular complexity index is 689. The van der Waals surface area contributed by atoms with Crippen LogP contribution in [0.4, 0.5) is 0 Å². The van der Waals surface area contributed by atoms with Crippen molar-refractivity contribution < 1.29 is 9.53 Å². The van der Waals surface area contributed by atoms with E-state index in [4.69, 9.17) is 39.5 Å². The number of nitrogens with one attached hydrogen (secondary N) is 1. The number of methoxy groups -OCH3 is 1. The predicted octanol–water partition coefficient (Wildman–Crippen LogP) is 4.51. The van der Waals surface area contributed by atoms with E-state index in [1.165, 1.54) is 0 Å². The largest absolute Gasteiger partial charge is 0.496 e. The highest BCUT2D eigenvalue weighted by Gasteiger charge is 2.10. The van der Waals surface area contributed by atoms with Gasteiger partial charge in [0.25, 0.3) is 0 Å².